The van der Waals surface area contributed by atoms with Gasteiger partial charge >= 0.3 is 0 Å². The lowest BCUT2D eigenvalue weighted by Crippen LogP contribution is -2.48. The molecule has 0 N–H and O–H groups in total. The van der Waals surface area contributed by atoms with Gasteiger partial charge in [-0.05, 0) is 37.0 Å². The first-order valence-electron chi connectivity index (χ1n) is 9.47. The summed E-state index contributed by atoms with van der Waals surface area (Å²) in [4.78, 5) is 17.3. The van der Waals surface area contributed by atoms with E-state index in [0.717, 1.165) is 49.0 Å². The molecule has 1 aliphatic rings. The zero-order valence-electron chi connectivity index (χ0n) is 15.2. The van der Waals surface area contributed by atoms with Crippen LogP contribution < -0.4 is 4.90 Å². The van der Waals surface area contributed by atoms with E-state index in [2.05, 4.69) is 74.9 Å². The summed E-state index contributed by atoms with van der Waals surface area (Å²) >= 11 is 2.29. The van der Waals surface area contributed by atoms with Crippen LogP contribution in [0.2, 0.25) is 0 Å². The molecule has 0 aliphatic carbocycles. The third-order valence-electron chi connectivity index (χ3n) is 5.09. The highest BCUT2D eigenvalue weighted by atomic mass is 127. The van der Waals surface area contributed by atoms with Gasteiger partial charge in [-0.2, -0.15) is 0 Å². The molecule has 0 spiro atoms. The molecule has 26 heavy (non-hydrogen) atoms. The fourth-order valence-corrected chi connectivity index (χ4v) is 4.14. The van der Waals surface area contributed by atoms with Gasteiger partial charge in [-0.15, -0.1) is 0 Å². The number of para-hydroxylation sites is 1. The van der Waals surface area contributed by atoms with Crippen LogP contribution in [-0.2, 0) is 11.2 Å². The second-order valence-electron chi connectivity index (χ2n) is 6.85. The molecule has 3 nitrogen and oxygen atoms in total. The summed E-state index contributed by atoms with van der Waals surface area (Å²) in [6.45, 7) is 3.24. The minimum absolute atomic E-state index is 0.258. The lowest BCUT2D eigenvalue weighted by atomic mass is 10.0. The van der Waals surface area contributed by atoms with Crippen molar-refractivity contribution >= 4 is 34.2 Å². The highest BCUT2D eigenvalue weighted by Gasteiger charge is 2.28. The molecule has 0 saturated carbocycles. The minimum Gasteiger partial charge on any atom is -0.309 e. The van der Waals surface area contributed by atoms with Crippen LogP contribution >= 0.6 is 22.6 Å². The number of anilines is 1. The summed E-state index contributed by atoms with van der Waals surface area (Å²) in [5.41, 5.74) is 2.45. The van der Waals surface area contributed by atoms with Gasteiger partial charge in [0.2, 0.25) is 5.91 Å². The van der Waals surface area contributed by atoms with Gasteiger partial charge in [-0.25, -0.2) is 0 Å². The highest BCUT2D eigenvalue weighted by Crippen LogP contribution is 2.25. The van der Waals surface area contributed by atoms with Crippen LogP contribution in [0.15, 0.2) is 60.7 Å². The van der Waals surface area contributed by atoms with E-state index in [9.17, 15) is 4.79 Å². The number of amides is 1. The molecule has 0 radical (unpaired) electrons. The fraction of sp³-hybridized carbons (Fsp3) is 0.409. The normalized spacial score (nSPS) is 15.7. The van der Waals surface area contributed by atoms with Crippen molar-refractivity contribution < 1.29 is 4.79 Å². The topological polar surface area (TPSA) is 23.6 Å². The average molecular weight is 462 g/mol. The Morgan fingerprint density at radius 1 is 1.00 bits per heavy atom. The molecule has 2 aromatic rings. The SMILES string of the molecule is O=C(CCI)N(c1ccccc1)C1CCN(CCc2ccccc2)CC1. The van der Waals surface area contributed by atoms with Crippen molar-refractivity contribution in [1.29, 1.82) is 0 Å². The van der Waals surface area contributed by atoms with Gasteiger partial charge in [-0.1, -0.05) is 71.1 Å². The van der Waals surface area contributed by atoms with Gasteiger partial charge < -0.3 is 9.80 Å². The molecule has 138 valence electrons. The van der Waals surface area contributed by atoms with E-state index in [1.165, 1.54) is 5.56 Å². The summed E-state index contributed by atoms with van der Waals surface area (Å²) in [5.74, 6) is 0.258. The minimum atomic E-state index is 0.258. The molecule has 1 fully saturated rings. The Bertz CT molecular complexity index is 669. The summed E-state index contributed by atoms with van der Waals surface area (Å²) in [6, 6.07) is 21.2. The maximum Gasteiger partial charge on any atom is 0.228 e. The Morgan fingerprint density at radius 2 is 1.62 bits per heavy atom. The Kier molecular flexibility index (Phi) is 7.50. The number of alkyl halides is 1. The first kappa shape index (κ1) is 19.4. The molecule has 1 aliphatic heterocycles. The largest absolute Gasteiger partial charge is 0.309 e. The van der Waals surface area contributed by atoms with Crippen LogP contribution in [0, 0.1) is 0 Å². The first-order valence-corrected chi connectivity index (χ1v) is 11.0. The molecule has 1 saturated heterocycles. The van der Waals surface area contributed by atoms with Gasteiger partial charge in [0.25, 0.3) is 0 Å². The van der Waals surface area contributed by atoms with Gasteiger partial charge in [0, 0.05) is 42.2 Å². The van der Waals surface area contributed by atoms with Crippen LogP contribution in [-0.4, -0.2) is 40.9 Å². The molecule has 0 aromatic heterocycles. The number of rotatable bonds is 7. The third kappa shape index (κ3) is 5.30. The number of carbonyl (C=O) groups excluding carboxylic acids is 1. The van der Waals surface area contributed by atoms with E-state index in [1.54, 1.807) is 0 Å². The van der Waals surface area contributed by atoms with Gasteiger partial charge in [-0.3, -0.25) is 4.79 Å². The Balaban J connectivity index is 1.58. The molecule has 0 atom stereocenters. The number of likely N-dealkylation sites (tertiary alicyclic amines) is 1. The number of benzene rings is 2. The van der Waals surface area contributed by atoms with E-state index in [1.807, 2.05) is 18.2 Å². The molecule has 0 unspecified atom stereocenters. The van der Waals surface area contributed by atoms with Crippen LogP contribution in [0.4, 0.5) is 5.69 Å². The van der Waals surface area contributed by atoms with Crippen LogP contribution in [0.5, 0.6) is 0 Å². The van der Waals surface area contributed by atoms with E-state index < -0.39 is 0 Å². The molecule has 0 bridgehead atoms. The van der Waals surface area contributed by atoms with Gasteiger partial charge in [0.05, 0.1) is 0 Å². The van der Waals surface area contributed by atoms with Gasteiger partial charge in [0.1, 0.15) is 0 Å². The number of halogens is 1. The maximum absolute atomic E-state index is 12.7. The van der Waals surface area contributed by atoms with Crippen molar-refractivity contribution in [3.8, 4) is 0 Å². The highest BCUT2D eigenvalue weighted by molar-refractivity contribution is 14.1. The van der Waals surface area contributed by atoms with Gasteiger partial charge in [0.15, 0.2) is 0 Å². The van der Waals surface area contributed by atoms with Crippen molar-refractivity contribution in [2.45, 2.75) is 31.7 Å². The molecule has 1 heterocycles. The quantitative estimate of drug-likeness (QED) is 0.445. The number of nitrogens with zero attached hydrogens (tertiary/aromatic N) is 2. The summed E-state index contributed by atoms with van der Waals surface area (Å²) < 4.78 is 0.871. The van der Waals surface area contributed by atoms with Crippen molar-refractivity contribution in [2.24, 2.45) is 0 Å². The number of piperidine rings is 1. The third-order valence-corrected chi connectivity index (χ3v) is 5.63. The van der Waals surface area contributed by atoms with Crippen LogP contribution in [0.1, 0.15) is 24.8 Å². The summed E-state index contributed by atoms with van der Waals surface area (Å²) in [7, 11) is 0. The van der Waals surface area contributed by atoms with Crippen molar-refractivity contribution in [1.82, 2.24) is 4.90 Å². The number of hydrogen-bond acceptors (Lipinski definition) is 2. The zero-order valence-corrected chi connectivity index (χ0v) is 17.3. The summed E-state index contributed by atoms with van der Waals surface area (Å²) in [5, 5.41) is 0. The average Bonchev–Trinajstić information content (AvgIpc) is 2.69. The van der Waals surface area contributed by atoms with E-state index in [-0.39, 0.29) is 5.91 Å². The van der Waals surface area contributed by atoms with Crippen LogP contribution in [0.3, 0.4) is 0 Å². The molecular weight excluding hydrogens is 435 g/mol. The molecule has 1 amide bonds. The van der Waals surface area contributed by atoms with E-state index in [4.69, 9.17) is 0 Å². The molecule has 2 aromatic carbocycles. The van der Waals surface area contributed by atoms with Crippen molar-refractivity contribution in [3.63, 3.8) is 0 Å². The molecule has 4 heteroatoms. The smallest absolute Gasteiger partial charge is 0.228 e. The predicted molar refractivity (Wildman–Crippen MR) is 117 cm³/mol. The van der Waals surface area contributed by atoms with Crippen molar-refractivity contribution in [3.05, 3.63) is 66.2 Å². The molecule has 3 rings (SSSR count). The fourth-order valence-electron chi connectivity index (χ4n) is 3.68. The predicted octanol–water partition coefficient (Wildman–Crippen LogP) is 4.55. The zero-order chi connectivity index (χ0) is 18.2. The second kappa shape index (κ2) is 10.1. The van der Waals surface area contributed by atoms with E-state index >= 15 is 0 Å². The number of carbonyl (C=O) groups is 1. The first-order chi connectivity index (χ1) is 12.8. The molecular formula is C22H27IN2O. The standard InChI is InChI=1S/C22H27IN2O/c23-15-11-22(26)25(20-9-5-2-6-10-20)21-13-17-24(18-14-21)16-12-19-7-3-1-4-8-19/h1-10,21H,11-18H2. The Labute approximate surface area is 170 Å². The van der Waals surface area contributed by atoms with Crippen molar-refractivity contribution in [2.75, 3.05) is 29.0 Å². The van der Waals surface area contributed by atoms with Crippen LogP contribution in [0.25, 0.3) is 0 Å². The Morgan fingerprint density at radius 3 is 2.23 bits per heavy atom. The second-order valence-corrected chi connectivity index (χ2v) is 7.93. The monoisotopic (exact) mass is 462 g/mol. The maximum atomic E-state index is 12.7. The lowest BCUT2D eigenvalue weighted by molar-refractivity contribution is -0.118. The number of hydrogen-bond donors (Lipinski definition) is 0. The summed E-state index contributed by atoms with van der Waals surface area (Å²) in [6.07, 6.45) is 3.82. The van der Waals surface area contributed by atoms with E-state index in [0.29, 0.717) is 12.5 Å². The lowest BCUT2D eigenvalue weighted by Gasteiger charge is -2.38. The Hall–Kier alpha value is -1.40.